The number of rotatable bonds is 6. The third-order valence-electron chi connectivity index (χ3n) is 3.15. The Morgan fingerprint density at radius 3 is 3.00 bits per heavy atom. The maximum atomic E-state index is 11.7. The zero-order valence-electron chi connectivity index (χ0n) is 11.5. The quantitative estimate of drug-likeness (QED) is 0.840. The third-order valence-corrected chi connectivity index (χ3v) is 3.15. The second-order valence-electron chi connectivity index (χ2n) is 5.24. The van der Waals surface area contributed by atoms with Gasteiger partial charge in [-0.15, -0.1) is 0 Å². The number of nitrogens with one attached hydrogen (secondary N) is 1. The molecule has 0 spiro atoms. The van der Waals surface area contributed by atoms with E-state index in [1.807, 2.05) is 13.8 Å². The van der Waals surface area contributed by atoms with Gasteiger partial charge in [-0.3, -0.25) is 4.79 Å². The van der Waals surface area contributed by atoms with E-state index in [9.17, 15) is 4.79 Å². The van der Waals surface area contributed by atoms with Gasteiger partial charge in [0.05, 0.1) is 0 Å². The SMILES string of the molecule is CC(C)c1nc(CCNC(=O)C[C@@H]2CCOC2)no1. The molecule has 0 aliphatic carbocycles. The second-order valence-corrected chi connectivity index (χ2v) is 5.24. The molecular weight excluding hydrogens is 246 g/mol. The van der Waals surface area contributed by atoms with Crippen LogP contribution in [-0.4, -0.2) is 35.8 Å². The Hall–Kier alpha value is -1.43. The van der Waals surface area contributed by atoms with Crippen LogP contribution in [0.1, 0.15) is 44.3 Å². The molecule has 1 aliphatic heterocycles. The smallest absolute Gasteiger partial charge is 0.229 e. The Balaban J connectivity index is 1.66. The van der Waals surface area contributed by atoms with Crippen molar-refractivity contribution in [1.82, 2.24) is 15.5 Å². The first-order valence-corrected chi connectivity index (χ1v) is 6.82. The second kappa shape index (κ2) is 6.65. The number of hydrogen-bond donors (Lipinski definition) is 1. The molecular formula is C13H21N3O3. The van der Waals surface area contributed by atoms with Crippen LogP contribution in [0.4, 0.5) is 0 Å². The van der Waals surface area contributed by atoms with E-state index >= 15 is 0 Å². The Morgan fingerprint density at radius 1 is 1.53 bits per heavy atom. The molecule has 106 valence electrons. The molecule has 19 heavy (non-hydrogen) atoms. The number of hydrogen-bond acceptors (Lipinski definition) is 5. The summed E-state index contributed by atoms with van der Waals surface area (Å²) >= 11 is 0. The van der Waals surface area contributed by atoms with Gasteiger partial charge in [0.2, 0.25) is 11.8 Å². The van der Waals surface area contributed by atoms with E-state index in [1.165, 1.54) is 0 Å². The summed E-state index contributed by atoms with van der Waals surface area (Å²) in [7, 11) is 0. The molecule has 1 N–H and O–H groups in total. The minimum atomic E-state index is 0.0723. The van der Waals surface area contributed by atoms with Crippen LogP contribution < -0.4 is 5.32 Å². The summed E-state index contributed by atoms with van der Waals surface area (Å²) in [5, 5.41) is 6.76. The van der Waals surface area contributed by atoms with Crippen LogP contribution in [0.2, 0.25) is 0 Å². The first-order chi connectivity index (χ1) is 9.15. The first kappa shape index (κ1) is 14.0. The monoisotopic (exact) mass is 267 g/mol. The fraction of sp³-hybridized carbons (Fsp3) is 0.769. The molecule has 0 bridgehead atoms. The minimum absolute atomic E-state index is 0.0723. The number of aromatic nitrogens is 2. The summed E-state index contributed by atoms with van der Waals surface area (Å²) in [5.74, 6) is 1.97. The Kier molecular flexibility index (Phi) is 4.90. The molecule has 0 saturated carbocycles. The fourth-order valence-corrected chi connectivity index (χ4v) is 2.00. The molecule has 0 unspecified atom stereocenters. The van der Waals surface area contributed by atoms with E-state index in [4.69, 9.17) is 9.26 Å². The largest absolute Gasteiger partial charge is 0.381 e. The Morgan fingerprint density at radius 2 is 2.37 bits per heavy atom. The lowest BCUT2D eigenvalue weighted by molar-refractivity contribution is -0.122. The normalized spacial score (nSPS) is 19.0. The van der Waals surface area contributed by atoms with Gasteiger partial charge < -0.3 is 14.6 Å². The number of nitrogens with zero attached hydrogens (tertiary/aromatic N) is 2. The molecule has 1 saturated heterocycles. The summed E-state index contributed by atoms with van der Waals surface area (Å²) in [4.78, 5) is 15.9. The average molecular weight is 267 g/mol. The summed E-state index contributed by atoms with van der Waals surface area (Å²) in [6.07, 6.45) is 2.13. The van der Waals surface area contributed by atoms with Crippen molar-refractivity contribution in [3.63, 3.8) is 0 Å². The van der Waals surface area contributed by atoms with Crippen molar-refractivity contribution in [2.24, 2.45) is 5.92 Å². The zero-order chi connectivity index (χ0) is 13.7. The van der Waals surface area contributed by atoms with Crippen LogP contribution in [0.5, 0.6) is 0 Å². The van der Waals surface area contributed by atoms with Crippen molar-refractivity contribution in [2.45, 2.75) is 39.0 Å². The lowest BCUT2D eigenvalue weighted by Gasteiger charge is -2.07. The molecule has 0 radical (unpaired) electrons. The number of amides is 1. The highest BCUT2D eigenvalue weighted by Gasteiger charge is 2.18. The molecule has 6 heteroatoms. The van der Waals surface area contributed by atoms with Crippen molar-refractivity contribution in [3.05, 3.63) is 11.7 Å². The fourth-order valence-electron chi connectivity index (χ4n) is 2.00. The van der Waals surface area contributed by atoms with E-state index in [0.29, 0.717) is 43.6 Å². The summed E-state index contributed by atoms with van der Waals surface area (Å²) < 4.78 is 10.3. The minimum Gasteiger partial charge on any atom is -0.381 e. The van der Waals surface area contributed by atoms with E-state index in [0.717, 1.165) is 13.0 Å². The Labute approximate surface area is 112 Å². The molecule has 1 atom stereocenters. The Bertz CT molecular complexity index is 411. The highest BCUT2D eigenvalue weighted by molar-refractivity contribution is 5.76. The van der Waals surface area contributed by atoms with Gasteiger partial charge in [0, 0.05) is 38.5 Å². The van der Waals surface area contributed by atoms with Crippen LogP contribution in [0.25, 0.3) is 0 Å². The standard InChI is InChI=1S/C13H21N3O3/c1-9(2)13-15-11(16-19-13)3-5-14-12(17)7-10-4-6-18-8-10/h9-10H,3-8H2,1-2H3,(H,14,17)/t10-/m0/s1. The van der Waals surface area contributed by atoms with Crippen molar-refractivity contribution < 1.29 is 14.1 Å². The molecule has 6 nitrogen and oxygen atoms in total. The van der Waals surface area contributed by atoms with Gasteiger partial charge in [-0.05, 0) is 12.3 Å². The maximum absolute atomic E-state index is 11.7. The average Bonchev–Trinajstić information content (AvgIpc) is 3.00. The molecule has 1 amide bonds. The molecule has 1 fully saturated rings. The van der Waals surface area contributed by atoms with Gasteiger partial charge in [0.25, 0.3) is 0 Å². The topological polar surface area (TPSA) is 77.2 Å². The molecule has 2 heterocycles. The summed E-state index contributed by atoms with van der Waals surface area (Å²) in [6, 6.07) is 0. The lowest BCUT2D eigenvalue weighted by Crippen LogP contribution is -2.27. The predicted octanol–water partition coefficient (Wildman–Crippen LogP) is 1.28. The van der Waals surface area contributed by atoms with Crippen LogP contribution in [-0.2, 0) is 16.0 Å². The molecule has 1 aliphatic rings. The summed E-state index contributed by atoms with van der Waals surface area (Å²) in [6.45, 7) is 6.03. The third kappa shape index (κ3) is 4.31. The molecule has 1 aromatic heterocycles. The molecule has 1 aromatic rings. The molecule has 0 aromatic carbocycles. The van der Waals surface area contributed by atoms with Gasteiger partial charge in [-0.1, -0.05) is 19.0 Å². The van der Waals surface area contributed by atoms with Crippen molar-refractivity contribution in [3.8, 4) is 0 Å². The number of ether oxygens (including phenoxy) is 1. The van der Waals surface area contributed by atoms with Gasteiger partial charge >= 0.3 is 0 Å². The highest BCUT2D eigenvalue weighted by atomic mass is 16.5. The number of carbonyl (C=O) groups excluding carboxylic acids is 1. The van der Waals surface area contributed by atoms with Crippen LogP contribution in [0, 0.1) is 5.92 Å². The highest BCUT2D eigenvalue weighted by Crippen LogP contribution is 2.15. The van der Waals surface area contributed by atoms with Crippen LogP contribution in [0.3, 0.4) is 0 Å². The van der Waals surface area contributed by atoms with Crippen LogP contribution in [0.15, 0.2) is 4.52 Å². The van der Waals surface area contributed by atoms with Gasteiger partial charge in [0.1, 0.15) is 0 Å². The van der Waals surface area contributed by atoms with Crippen molar-refractivity contribution in [1.29, 1.82) is 0 Å². The first-order valence-electron chi connectivity index (χ1n) is 6.82. The van der Waals surface area contributed by atoms with E-state index in [2.05, 4.69) is 15.5 Å². The van der Waals surface area contributed by atoms with Crippen molar-refractivity contribution in [2.75, 3.05) is 19.8 Å². The zero-order valence-corrected chi connectivity index (χ0v) is 11.5. The number of carbonyl (C=O) groups is 1. The van der Waals surface area contributed by atoms with E-state index < -0.39 is 0 Å². The van der Waals surface area contributed by atoms with E-state index in [1.54, 1.807) is 0 Å². The van der Waals surface area contributed by atoms with Gasteiger partial charge in [0.15, 0.2) is 5.82 Å². The predicted molar refractivity (Wildman–Crippen MR) is 68.6 cm³/mol. The maximum Gasteiger partial charge on any atom is 0.229 e. The molecule has 2 rings (SSSR count). The van der Waals surface area contributed by atoms with E-state index in [-0.39, 0.29) is 11.8 Å². The van der Waals surface area contributed by atoms with Gasteiger partial charge in [-0.25, -0.2) is 0 Å². The summed E-state index contributed by atoms with van der Waals surface area (Å²) in [5.41, 5.74) is 0. The van der Waals surface area contributed by atoms with Crippen molar-refractivity contribution >= 4 is 5.91 Å². The van der Waals surface area contributed by atoms with Gasteiger partial charge in [-0.2, -0.15) is 4.98 Å². The lowest BCUT2D eigenvalue weighted by atomic mass is 10.1. The van der Waals surface area contributed by atoms with Crippen LogP contribution >= 0.6 is 0 Å².